The van der Waals surface area contributed by atoms with E-state index in [-0.39, 0.29) is 24.3 Å². The van der Waals surface area contributed by atoms with Crippen molar-refractivity contribution in [3.05, 3.63) is 65.7 Å². The van der Waals surface area contributed by atoms with Gasteiger partial charge in [0.15, 0.2) is 0 Å². The summed E-state index contributed by atoms with van der Waals surface area (Å²) in [6.07, 6.45) is 0.238. The third kappa shape index (κ3) is 6.91. The standard InChI is InChI=1S/C23H31N3O3/c1-4-26(5-2)21(19-12-9-13-20(16-19)29-3)17-25-22(27)14-15-24-23(28)18-10-7-6-8-11-18/h6-13,16,21H,4-5,14-15,17H2,1-3H3,(H,24,28)(H,25,27). The van der Waals surface area contributed by atoms with Crippen molar-refractivity contribution < 1.29 is 14.3 Å². The van der Waals surface area contributed by atoms with E-state index in [0.717, 1.165) is 24.4 Å². The van der Waals surface area contributed by atoms with Crippen LogP contribution in [0.2, 0.25) is 0 Å². The second-order valence-corrected chi connectivity index (χ2v) is 6.69. The zero-order valence-electron chi connectivity index (χ0n) is 17.5. The van der Waals surface area contributed by atoms with Crippen molar-refractivity contribution in [2.75, 3.05) is 33.3 Å². The molecule has 0 radical (unpaired) electrons. The van der Waals surface area contributed by atoms with Crippen molar-refractivity contribution in [3.63, 3.8) is 0 Å². The lowest BCUT2D eigenvalue weighted by Gasteiger charge is -2.30. The Morgan fingerprint density at radius 1 is 1.00 bits per heavy atom. The molecule has 1 atom stereocenters. The third-order valence-corrected chi connectivity index (χ3v) is 4.90. The van der Waals surface area contributed by atoms with Gasteiger partial charge in [-0.05, 0) is 42.9 Å². The highest BCUT2D eigenvalue weighted by molar-refractivity contribution is 5.94. The van der Waals surface area contributed by atoms with Crippen molar-refractivity contribution in [1.82, 2.24) is 15.5 Å². The van der Waals surface area contributed by atoms with Gasteiger partial charge in [-0.25, -0.2) is 0 Å². The van der Waals surface area contributed by atoms with Gasteiger partial charge in [0.1, 0.15) is 5.75 Å². The van der Waals surface area contributed by atoms with Crippen LogP contribution in [0.15, 0.2) is 54.6 Å². The van der Waals surface area contributed by atoms with E-state index in [1.165, 1.54) is 0 Å². The number of nitrogens with zero attached hydrogens (tertiary/aromatic N) is 1. The molecule has 0 aromatic heterocycles. The smallest absolute Gasteiger partial charge is 0.251 e. The Morgan fingerprint density at radius 2 is 1.72 bits per heavy atom. The topological polar surface area (TPSA) is 70.7 Å². The van der Waals surface area contributed by atoms with E-state index in [0.29, 0.717) is 18.7 Å². The minimum absolute atomic E-state index is 0.0583. The van der Waals surface area contributed by atoms with Crippen LogP contribution in [0.3, 0.4) is 0 Å². The van der Waals surface area contributed by atoms with Gasteiger partial charge in [0.25, 0.3) is 5.91 Å². The molecule has 2 N–H and O–H groups in total. The zero-order chi connectivity index (χ0) is 21.1. The summed E-state index contributed by atoms with van der Waals surface area (Å²) < 4.78 is 5.34. The normalized spacial score (nSPS) is 11.7. The summed E-state index contributed by atoms with van der Waals surface area (Å²) >= 11 is 0. The minimum Gasteiger partial charge on any atom is -0.497 e. The van der Waals surface area contributed by atoms with E-state index in [1.54, 1.807) is 19.2 Å². The molecule has 0 aliphatic carbocycles. The molecular weight excluding hydrogens is 366 g/mol. The first kappa shape index (κ1) is 22.4. The van der Waals surface area contributed by atoms with Crippen LogP contribution in [0.5, 0.6) is 5.75 Å². The Bertz CT molecular complexity index is 776. The number of carbonyl (C=O) groups excluding carboxylic acids is 2. The monoisotopic (exact) mass is 397 g/mol. The zero-order valence-corrected chi connectivity index (χ0v) is 17.5. The van der Waals surface area contributed by atoms with Gasteiger partial charge in [-0.1, -0.05) is 44.2 Å². The number of hydrogen-bond acceptors (Lipinski definition) is 4. The lowest BCUT2D eigenvalue weighted by molar-refractivity contribution is -0.121. The maximum Gasteiger partial charge on any atom is 0.251 e. The lowest BCUT2D eigenvalue weighted by atomic mass is 10.0. The predicted molar refractivity (Wildman–Crippen MR) is 115 cm³/mol. The quantitative estimate of drug-likeness (QED) is 0.612. The first-order valence-corrected chi connectivity index (χ1v) is 10.1. The number of nitrogens with one attached hydrogen (secondary N) is 2. The molecule has 2 aromatic carbocycles. The average Bonchev–Trinajstić information content (AvgIpc) is 2.77. The number of ether oxygens (including phenoxy) is 1. The van der Waals surface area contributed by atoms with Crippen LogP contribution in [0.25, 0.3) is 0 Å². The van der Waals surface area contributed by atoms with E-state index < -0.39 is 0 Å². The molecule has 2 aromatic rings. The lowest BCUT2D eigenvalue weighted by Crippen LogP contribution is -2.39. The Balaban J connectivity index is 1.89. The molecule has 0 saturated carbocycles. The van der Waals surface area contributed by atoms with Gasteiger partial charge in [0.05, 0.1) is 13.2 Å². The molecule has 0 spiro atoms. The Kier molecular flexibility index (Phi) is 9.18. The van der Waals surface area contributed by atoms with Crippen LogP contribution in [-0.4, -0.2) is 50.0 Å². The highest BCUT2D eigenvalue weighted by Crippen LogP contribution is 2.23. The SMILES string of the molecule is CCN(CC)C(CNC(=O)CCNC(=O)c1ccccc1)c1cccc(OC)c1. The molecule has 6 heteroatoms. The highest BCUT2D eigenvalue weighted by Gasteiger charge is 2.19. The summed E-state index contributed by atoms with van der Waals surface area (Å²) in [7, 11) is 1.65. The third-order valence-electron chi connectivity index (χ3n) is 4.90. The fourth-order valence-electron chi connectivity index (χ4n) is 3.25. The molecular formula is C23H31N3O3. The molecule has 2 rings (SSSR count). The van der Waals surface area contributed by atoms with Crippen molar-refractivity contribution in [3.8, 4) is 5.75 Å². The Labute approximate surface area is 173 Å². The van der Waals surface area contributed by atoms with E-state index in [9.17, 15) is 9.59 Å². The van der Waals surface area contributed by atoms with Gasteiger partial charge in [-0.15, -0.1) is 0 Å². The Morgan fingerprint density at radius 3 is 2.38 bits per heavy atom. The number of carbonyl (C=O) groups is 2. The maximum atomic E-state index is 12.3. The number of hydrogen-bond donors (Lipinski definition) is 2. The van der Waals surface area contributed by atoms with E-state index >= 15 is 0 Å². The van der Waals surface area contributed by atoms with Crippen LogP contribution in [0.4, 0.5) is 0 Å². The predicted octanol–water partition coefficient (Wildman–Crippen LogP) is 3.01. The van der Waals surface area contributed by atoms with Gasteiger partial charge >= 0.3 is 0 Å². The highest BCUT2D eigenvalue weighted by atomic mass is 16.5. The van der Waals surface area contributed by atoms with E-state index in [1.807, 2.05) is 36.4 Å². The van der Waals surface area contributed by atoms with Crippen molar-refractivity contribution >= 4 is 11.8 Å². The summed E-state index contributed by atoms with van der Waals surface area (Å²) in [6.45, 7) is 6.77. The fourth-order valence-corrected chi connectivity index (χ4v) is 3.25. The molecule has 156 valence electrons. The molecule has 1 unspecified atom stereocenters. The van der Waals surface area contributed by atoms with Crippen molar-refractivity contribution in [1.29, 1.82) is 0 Å². The van der Waals surface area contributed by atoms with Gasteiger partial charge in [-0.3, -0.25) is 14.5 Å². The number of rotatable bonds is 11. The van der Waals surface area contributed by atoms with Crippen LogP contribution in [0, 0.1) is 0 Å². The van der Waals surface area contributed by atoms with Crippen LogP contribution in [-0.2, 0) is 4.79 Å². The molecule has 0 heterocycles. The van der Waals surface area contributed by atoms with Crippen LogP contribution >= 0.6 is 0 Å². The molecule has 0 bridgehead atoms. The summed E-state index contributed by atoms with van der Waals surface area (Å²) in [5.41, 5.74) is 1.69. The minimum atomic E-state index is -0.171. The molecule has 2 amide bonds. The summed E-state index contributed by atoms with van der Waals surface area (Å²) in [6, 6.07) is 17.0. The first-order valence-electron chi connectivity index (χ1n) is 10.1. The fraction of sp³-hybridized carbons (Fsp3) is 0.391. The number of likely N-dealkylation sites (N-methyl/N-ethyl adjacent to an activating group) is 1. The number of amides is 2. The largest absolute Gasteiger partial charge is 0.497 e. The molecule has 0 aliphatic heterocycles. The Hall–Kier alpha value is -2.86. The molecule has 29 heavy (non-hydrogen) atoms. The van der Waals surface area contributed by atoms with Gasteiger partial charge in [0.2, 0.25) is 5.91 Å². The second kappa shape index (κ2) is 11.9. The molecule has 6 nitrogen and oxygen atoms in total. The summed E-state index contributed by atoms with van der Waals surface area (Å²) in [5, 5.41) is 5.79. The van der Waals surface area contributed by atoms with Crippen molar-refractivity contribution in [2.24, 2.45) is 0 Å². The number of methoxy groups -OCH3 is 1. The maximum absolute atomic E-state index is 12.3. The molecule has 0 aliphatic rings. The van der Waals surface area contributed by atoms with Crippen LogP contribution < -0.4 is 15.4 Å². The van der Waals surface area contributed by atoms with E-state index in [2.05, 4.69) is 35.4 Å². The van der Waals surface area contributed by atoms with Crippen molar-refractivity contribution in [2.45, 2.75) is 26.3 Å². The van der Waals surface area contributed by atoms with Gasteiger partial charge in [-0.2, -0.15) is 0 Å². The summed E-state index contributed by atoms with van der Waals surface area (Å²) in [4.78, 5) is 26.7. The van der Waals surface area contributed by atoms with Gasteiger partial charge < -0.3 is 15.4 Å². The van der Waals surface area contributed by atoms with E-state index in [4.69, 9.17) is 4.74 Å². The second-order valence-electron chi connectivity index (χ2n) is 6.69. The average molecular weight is 398 g/mol. The molecule has 0 saturated heterocycles. The summed E-state index contributed by atoms with van der Waals surface area (Å²) in [5.74, 6) is 0.545. The van der Waals surface area contributed by atoms with Crippen LogP contribution in [0.1, 0.15) is 42.2 Å². The number of benzene rings is 2. The van der Waals surface area contributed by atoms with Gasteiger partial charge in [0, 0.05) is 25.1 Å². The molecule has 0 fully saturated rings. The first-order chi connectivity index (χ1) is 14.1.